The van der Waals surface area contributed by atoms with Gasteiger partial charge in [0, 0.05) is 25.7 Å². The number of rotatable bonds is 10. The molecule has 0 saturated heterocycles. The third-order valence-corrected chi connectivity index (χ3v) is 5.70. The second-order valence-electron chi connectivity index (χ2n) is 12.4. The number of aliphatic imine (C=N–C) groups is 1. The molecular weight excluding hydrogens is 538 g/mol. The SMILES string of the molecule is CC(O)CN(CC(N)CCCN=C(NC(=O)OC(C)(C)C)NC(=O)OC(C)(C)C)C(=O)Cc1ccc2ccccc2c1. The van der Waals surface area contributed by atoms with Crippen molar-refractivity contribution in [1.82, 2.24) is 15.5 Å². The predicted octanol–water partition coefficient (Wildman–Crippen LogP) is 4.10. The lowest BCUT2D eigenvalue weighted by atomic mass is 10.0. The summed E-state index contributed by atoms with van der Waals surface area (Å²) in [6, 6.07) is 13.5. The highest BCUT2D eigenvalue weighted by molar-refractivity contribution is 6.01. The van der Waals surface area contributed by atoms with Crippen molar-refractivity contribution in [2.24, 2.45) is 10.7 Å². The van der Waals surface area contributed by atoms with Gasteiger partial charge in [0.2, 0.25) is 11.9 Å². The summed E-state index contributed by atoms with van der Waals surface area (Å²) in [5.74, 6) is -0.224. The molecular formula is C31H47N5O6. The minimum atomic E-state index is -0.771. The van der Waals surface area contributed by atoms with Gasteiger partial charge in [0.05, 0.1) is 12.5 Å². The number of amides is 3. The van der Waals surface area contributed by atoms with E-state index in [0.717, 1.165) is 16.3 Å². The molecule has 232 valence electrons. The van der Waals surface area contributed by atoms with Crippen molar-refractivity contribution in [3.63, 3.8) is 0 Å². The Morgan fingerprint density at radius 3 is 2.05 bits per heavy atom. The highest BCUT2D eigenvalue weighted by Gasteiger charge is 2.22. The van der Waals surface area contributed by atoms with Crippen molar-refractivity contribution in [1.29, 1.82) is 0 Å². The van der Waals surface area contributed by atoms with E-state index in [4.69, 9.17) is 15.2 Å². The minimum Gasteiger partial charge on any atom is -0.444 e. The Hall–Kier alpha value is -3.70. The van der Waals surface area contributed by atoms with Crippen LogP contribution in [0.5, 0.6) is 0 Å². The van der Waals surface area contributed by atoms with Gasteiger partial charge in [-0.25, -0.2) is 9.59 Å². The number of benzene rings is 2. The van der Waals surface area contributed by atoms with Crippen molar-refractivity contribution in [3.8, 4) is 0 Å². The van der Waals surface area contributed by atoms with E-state index in [9.17, 15) is 19.5 Å². The summed E-state index contributed by atoms with van der Waals surface area (Å²) in [6.07, 6.45) is -1.03. The van der Waals surface area contributed by atoms with Crippen LogP contribution in [0.15, 0.2) is 47.5 Å². The third kappa shape index (κ3) is 13.8. The summed E-state index contributed by atoms with van der Waals surface area (Å²) in [4.78, 5) is 43.6. The maximum atomic E-state index is 13.2. The molecule has 5 N–H and O–H groups in total. The van der Waals surface area contributed by atoms with E-state index in [1.54, 1.807) is 53.4 Å². The highest BCUT2D eigenvalue weighted by Crippen LogP contribution is 2.17. The number of hydrogen-bond acceptors (Lipinski definition) is 8. The van der Waals surface area contributed by atoms with Crippen molar-refractivity contribution < 1.29 is 29.0 Å². The summed E-state index contributed by atoms with van der Waals surface area (Å²) < 4.78 is 10.5. The normalized spacial score (nSPS) is 13.1. The number of carbonyl (C=O) groups excluding carboxylic acids is 3. The van der Waals surface area contributed by atoms with Crippen LogP contribution in [0.4, 0.5) is 9.59 Å². The fourth-order valence-corrected chi connectivity index (χ4v) is 4.06. The summed E-state index contributed by atoms with van der Waals surface area (Å²) in [6.45, 7) is 12.6. The van der Waals surface area contributed by atoms with Gasteiger partial charge in [-0.1, -0.05) is 42.5 Å². The van der Waals surface area contributed by atoms with Crippen LogP contribution in [0.25, 0.3) is 10.8 Å². The quantitative estimate of drug-likeness (QED) is 0.186. The third-order valence-electron chi connectivity index (χ3n) is 5.70. The standard InChI is InChI=1S/C31H47N5O6/c1-21(37)19-36(26(38)18-22-14-15-23-11-8-9-12-24(23)17-22)20-25(32)13-10-16-33-27(34-28(39)41-30(2,3)4)35-29(40)42-31(5,6)7/h8-9,11-12,14-15,17,21,25,37H,10,13,16,18-20,32H2,1-7H3,(H2,33,34,35,39,40). The fraction of sp³-hybridized carbons (Fsp3) is 0.548. The van der Waals surface area contributed by atoms with Crippen molar-refractivity contribution in [3.05, 3.63) is 48.0 Å². The van der Waals surface area contributed by atoms with Crippen molar-refractivity contribution in [2.75, 3.05) is 19.6 Å². The molecule has 11 heteroatoms. The van der Waals surface area contributed by atoms with Gasteiger partial charge >= 0.3 is 12.2 Å². The zero-order valence-electron chi connectivity index (χ0n) is 25.9. The molecule has 0 fully saturated rings. The molecule has 2 unspecified atom stereocenters. The summed E-state index contributed by atoms with van der Waals surface area (Å²) in [7, 11) is 0. The number of nitrogens with zero attached hydrogens (tertiary/aromatic N) is 2. The molecule has 0 aliphatic carbocycles. The molecule has 11 nitrogen and oxygen atoms in total. The van der Waals surface area contributed by atoms with E-state index in [0.29, 0.717) is 12.8 Å². The van der Waals surface area contributed by atoms with E-state index in [1.807, 2.05) is 42.5 Å². The van der Waals surface area contributed by atoms with Crippen molar-refractivity contribution in [2.45, 2.75) is 91.1 Å². The van der Waals surface area contributed by atoms with E-state index >= 15 is 0 Å². The van der Waals surface area contributed by atoms with Gasteiger partial charge in [0.1, 0.15) is 11.2 Å². The first kappa shape index (κ1) is 34.5. The Morgan fingerprint density at radius 1 is 0.929 bits per heavy atom. The van der Waals surface area contributed by atoms with Crippen LogP contribution < -0.4 is 16.4 Å². The number of hydrogen-bond donors (Lipinski definition) is 4. The summed E-state index contributed by atoms with van der Waals surface area (Å²) in [5.41, 5.74) is 5.78. The first-order valence-electron chi connectivity index (χ1n) is 14.2. The molecule has 0 aliphatic heterocycles. The summed E-state index contributed by atoms with van der Waals surface area (Å²) in [5, 5.41) is 17.1. The molecule has 2 aromatic rings. The topological polar surface area (TPSA) is 156 Å². The molecule has 0 radical (unpaired) electrons. The average molecular weight is 586 g/mol. The number of fused-ring (bicyclic) bond motifs is 1. The number of nitrogens with two attached hydrogens (primary N) is 1. The van der Waals surface area contributed by atoms with E-state index in [1.165, 1.54) is 0 Å². The lowest BCUT2D eigenvalue weighted by Crippen LogP contribution is -2.47. The first-order chi connectivity index (χ1) is 19.5. The van der Waals surface area contributed by atoms with Gasteiger partial charge in [0.25, 0.3) is 0 Å². The molecule has 0 aromatic heterocycles. The molecule has 2 rings (SSSR count). The maximum Gasteiger partial charge on any atom is 0.414 e. The predicted molar refractivity (Wildman–Crippen MR) is 164 cm³/mol. The van der Waals surface area contributed by atoms with Gasteiger partial charge in [-0.05, 0) is 77.6 Å². The van der Waals surface area contributed by atoms with Gasteiger partial charge in [0.15, 0.2) is 0 Å². The Labute approximate surface area is 248 Å². The Bertz CT molecular complexity index is 1200. The number of nitrogens with one attached hydrogen (secondary N) is 2. The van der Waals surface area contributed by atoms with Gasteiger partial charge in [-0.3, -0.25) is 20.4 Å². The molecule has 0 aliphatic rings. The molecule has 0 heterocycles. The van der Waals surface area contributed by atoms with Crippen LogP contribution in [0.3, 0.4) is 0 Å². The number of aliphatic hydroxyl groups is 1. The lowest BCUT2D eigenvalue weighted by Gasteiger charge is -2.27. The highest BCUT2D eigenvalue weighted by atomic mass is 16.6. The van der Waals surface area contributed by atoms with Crippen LogP contribution in [0, 0.1) is 0 Å². The molecule has 3 amide bonds. The molecule has 0 bridgehead atoms. The average Bonchev–Trinajstić information content (AvgIpc) is 2.83. The van der Waals surface area contributed by atoms with Gasteiger partial charge in [-0.2, -0.15) is 0 Å². The first-order valence-corrected chi connectivity index (χ1v) is 14.2. The summed E-state index contributed by atoms with van der Waals surface area (Å²) >= 11 is 0. The zero-order valence-corrected chi connectivity index (χ0v) is 25.9. The molecule has 2 atom stereocenters. The number of carbonyl (C=O) groups is 3. The molecule has 42 heavy (non-hydrogen) atoms. The Balaban J connectivity index is 1.98. The molecule has 0 saturated carbocycles. The Morgan fingerprint density at radius 2 is 1.50 bits per heavy atom. The smallest absolute Gasteiger partial charge is 0.414 e. The Kier molecular flexibility index (Phi) is 12.7. The van der Waals surface area contributed by atoms with Crippen LogP contribution >= 0.6 is 0 Å². The largest absolute Gasteiger partial charge is 0.444 e. The molecule has 2 aromatic carbocycles. The lowest BCUT2D eigenvalue weighted by molar-refractivity contribution is -0.132. The second kappa shape index (κ2) is 15.5. The fourth-order valence-electron chi connectivity index (χ4n) is 4.06. The number of ether oxygens (including phenoxy) is 2. The van der Waals surface area contributed by atoms with E-state index in [2.05, 4.69) is 15.6 Å². The van der Waals surface area contributed by atoms with Crippen LogP contribution in [-0.4, -0.2) is 77.0 Å². The zero-order chi connectivity index (χ0) is 31.5. The monoisotopic (exact) mass is 585 g/mol. The number of guanidine groups is 1. The van der Waals surface area contributed by atoms with E-state index < -0.39 is 29.5 Å². The minimum absolute atomic E-state index is 0.103. The van der Waals surface area contributed by atoms with Gasteiger partial charge in [-0.15, -0.1) is 0 Å². The number of alkyl carbamates (subject to hydrolysis) is 2. The van der Waals surface area contributed by atoms with Crippen LogP contribution in [-0.2, 0) is 20.7 Å². The molecule has 0 spiro atoms. The van der Waals surface area contributed by atoms with Crippen LogP contribution in [0.2, 0.25) is 0 Å². The van der Waals surface area contributed by atoms with Crippen LogP contribution in [0.1, 0.15) is 66.9 Å². The van der Waals surface area contributed by atoms with Crippen molar-refractivity contribution >= 4 is 34.8 Å². The van der Waals surface area contributed by atoms with E-state index in [-0.39, 0.29) is 44.0 Å². The number of aliphatic hydroxyl groups excluding tert-OH is 1. The van der Waals surface area contributed by atoms with Gasteiger partial charge < -0.3 is 25.2 Å². The second-order valence-corrected chi connectivity index (χ2v) is 12.4. The maximum absolute atomic E-state index is 13.2.